The Morgan fingerprint density at radius 3 is 2.72 bits per heavy atom. The summed E-state index contributed by atoms with van der Waals surface area (Å²) in [5.74, 6) is 0. The second-order valence-electron chi connectivity index (χ2n) is 3.85. The summed E-state index contributed by atoms with van der Waals surface area (Å²) in [6.45, 7) is 0. The molecule has 0 radical (unpaired) electrons. The third-order valence-corrected chi connectivity index (χ3v) is 2.89. The minimum absolute atomic E-state index is 0.000903. The smallest absolute Gasteiger partial charge is 0.349 e. The molecule has 0 spiro atoms. The number of fused-ring (bicyclic) bond motifs is 3. The Kier molecular flexibility index (Phi) is 2.22. The van der Waals surface area contributed by atoms with Gasteiger partial charge in [-0.1, -0.05) is 18.2 Å². The Labute approximate surface area is 104 Å². The lowest BCUT2D eigenvalue weighted by Gasteiger charge is -2.08. The summed E-state index contributed by atoms with van der Waals surface area (Å²) in [5, 5.41) is -3.01. The molecule has 0 amide bonds. The molecule has 92 valence electrons. The highest BCUT2D eigenvalue weighted by Crippen LogP contribution is 2.39. The number of aromatic nitrogens is 1. The molecule has 3 rings (SSSR count). The average molecular weight is 270 g/mol. The minimum Gasteiger partial charge on any atom is -0.440 e. The van der Waals surface area contributed by atoms with E-state index in [0.29, 0.717) is 11.0 Å². The van der Waals surface area contributed by atoms with Crippen LogP contribution in [0.25, 0.3) is 22.1 Å². The fraction of sp³-hybridized carbons (Fsp3) is 0.0833. The maximum absolute atomic E-state index is 13.3. The van der Waals surface area contributed by atoms with E-state index >= 15 is 0 Å². The molecule has 18 heavy (non-hydrogen) atoms. The van der Waals surface area contributed by atoms with Gasteiger partial charge < -0.3 is 4.42 Å². The van der Waals surface area contributed by atoms with Crippen LogP contribution in [-0.4, -0.2) is 4.98 Å². The van der Waals surface area contributed by atoms with Crippen molar-refractivity contribution >= 4 is 33.7 Å². The van der Waals surface area contributed by atoms with E-state index in [4.69, 9.17) is 16.0 Å². The third-order valence-electron chi connectivity index (χ3n) is 2.68. The molecule has 0 atom stereocenters. The van der Waals surface area contributed by atoms with Crippen molar-refractivity contribution in [3.8, 4) is 0 Å². The van der Waals surface area contributed by atoms with Gasteiger partial charge in [-0.2, -0.15) is 8.78 Å². The maximum atomic E-state index is 13.3. The van der Waals surface area contributed by atoms with E-state index in [1.807, 2.05) is 0 Å². The lowest BCUT2D eigenvalue weighted by molar-refractivity contribution is 0.0967. The molecule has 0 bridgehead atoms. The number of hydrogen-bond donors (Lipinski definition) is 1. The quantitative estimate of drug-likeness (QED) is 0.687. The molecule has 0 fully saturated rings. The van der Waals surface area contributed by atoms with E-state index in [1.165, 1.54) is 0 Å². The van der Waals surface area contributed by atoms with E-state index in [2.05, 4.69) is 4.98 Å². The molecule has 6 heteroatoms. The van der Waals surface area contributed by atoms with Crippen LogP contribution in [0.4, 0.5) is 8.78 Å². The highest BCUT2D eigenvalue weighted by Gasteiger charge is 2.32. The monoisotopic (exact) mass is 269 g/mol. The highest BCUT2D eigenvalue weighted by molar-refractivity contribution is 6.23. The first kappa shape index (κ1) is 11.2. The molecule has 1 N–H and O–H groups in total. The summed E-state index contributed by atoms with van der Waals surface area (Å²) >= 11 is 5.04. The van der Waals surface area contributed by atoms with Gasteiger partial charge in [0.05, 0.1) is 10.9 Å². The summed E-state index contributed by atoms with van der Waals surface area (Å²) in [6, 6.07) is 7.45. The largest absolute Gasteiger partial charge is 0.440 e. The fourth-order valence-corrected chi connectivity index (χ4v) is 2.12. The first-order valence-electron chi connectivity index (χ1n) is 5.08. The Morgan fingerprint density at radius 1 is 1.28 bits per heavy atom. The summed E-state index contributed by atoms with van der Waals surface area (Å²) in [7, 11) is 0. The Morgan fingerprint density at radius 2 is 2.00 bits per heavy atom. The van der Waals surface area contributed by atoms with E-state index in [-0.39, 0.29) is 11.1 Å². The molecule has 2 aromatic heterocycles. The van der Waals surface area contributed by atoms with Crippen LogP contribution >= 0.6 is 11.6 Å². The number of H-pyrrole nitrogens is 1. The van der Waals surface area contributed by atoms with Gasteiger partial charge in [0.2, 0.25) is 5.71 Å². The van der Waals surface area contributed by atoms with Crippen LogP contribution in [0.1, 0.15) is 5.56 Å². The molecule has 0 aliphatic carbocycles. The number of nitrogens with one attached hydrogen (secondary N) is 1. The van der Waals surface area contributed by atoms with Crippen molar-refractivity contribution < 1.29 is 13.2 Å². The molecular formula is C12H6ClF2NO2. The lowest BCUT2D eigenvalue weighted by atomic mass is 10.1. The zero-order valence-corrected chi connectivity index (χ0v) is 9.59. The molecule has 0 unspecified atom stereocenters. The summed E-state index contributed by atoms with van der Waals surface area (Å²) in [5.41, 5.74) is -0.819. The average Bonchev–Trinajstić information content (AvgIpc) is 2.64. The first-order chi connectivity index (χ1) is 8.47. The van der Waals surface area contributed by atoms with Gasteiger partial charge in [-0.3, -0.25) is 9.78 Å². The van der Waals surface area contributed by atoms with Crippen molar-refractivity contribution in [2.75, 3.05) is 0 Å². The number of para-hydroxylation sites is 1. The van der Waals surface area contributed by atoms with E-state index < -0.39 is 16.5 Å². The summed E-state index contributed by atoms with van der Waals surface area (Å²) in [4.78, 5) is 13.7. The van der Waals surface area contributed by atoms with Gasteiger partial charge in [0.1, 0.15) is 5.58 Å². The van der Waals surface area contributed by atoms with Crippen LogP contribution in [0.3, 0.4) is 0 Å². The highest BCUT2D eigenvalue weighted by atomic mass is 35.5. The number of alkyl halides is 3. The molecule has 3 nitrogen and oxygen atoms in total. The number of rotatable bonds is 1. The first-order valence-corrected chi connectivity index (χ1v) is 5.46. The van der Waals surface area contributed by atoms with Gasteiger partial charge in [0, 0.05) is 11.5 Å². The summed E-state index contributed by atoms with van der Waals surface area (Å²) < 4.78 is 32.0. The number of benzene rings is 1. The number of hydrogen-bond acceptors (Lipinski definition) is 2. The molecule has 0 aliphatic rings. The van der Waals surface area contributed by atoms with Gasteiger partial charge >= 0.3 is 5.38 Å². The normalized spacial score (nSPS) is 12.4. The Hall–Kier alpha value is -1.88. The molecule has 0 saturated heterocycles. The Balaban J connectivity index is 2.58. The zero-order valence-electron chi connectivity index (χ0n) is 8.84. The van der Waals surface area contributed by atoms with Gasteiger partial charge in [-0.25, -0.2) is 0 Å². The van der Waals surface area contributed by atoms with Crippen molar-refractivity contribution in [1.82, 2.24) is 4.98 Å². The van der Waals surface area contributed by atoms with Gasteiger partial charge in [0.15, 0.2) is 0 Å². The van der Waals surface area contributed by atoms with E-state index in [9.17, 15) is 13.6 Å². The molecule has 2 heterocycles. The fourth-order valence-electron chi connectivity index (χ4n) is 1.98. The van der Waals surface area contributed by atoms with Crippen LogP contribution in [0.15, 0.2) is 39.5 Å². The number of furan rings is 1. The van der Waals surface area contributed by atoms with Crippen molar-refractivity contribution in [3.05, 3.63) is 46.2 Å². The van der Waals surface area contributed by atoms with Crippen LogP contribution in [0, 0.1) is 0 Å². The molecule has 1 aromatic carbocycles. The predicted molar refractivity (Wildman–Crippen MR) is 64.1 cm³/mol. The second kappa shape index (κ2) is 3.55. The lowest BCUT2D eigenvalue weighted by Crippen LogP contribution is -2.12. The number of pyridine rings is 1. The van der Waals surface area contributed by atoms with E-state index in [0.717, 1.165) is 6.07 Å². The topological polar surface area (TPSA) is 46.0 Å². The van der Waals surface area contributed by atoms with Crippen LogP contribution in [0.2, 0.25) is 0 Å². The molecule has 3 aromatic rings. The standard InChI is InChI=1S/C12H6ClF2NO2/c13-12(14,15)7-5-9(17)16-11-10(7)6-3-1-2-4-8(6)18-11/h1-5H,(H,16,17). The van der Waals surface area contributed by atoms with Crippen LogP contribution in [-0.2, 0) is 5.38 Å². The van der Waals surface area contributed by atoms with Crippen molar-refractivity contribution in [1.29, 1.82) is 0 Å². The van der Waals surface area contributed by atoms with Crippen molar-refractivity contribution in [2.24, 2.45) is 0 Å². The van der Waals surface area contributed by atoms with E-state index in [1.54, 1.807) is 24.3 Å². The van der Waals surface area contributed by atoms with Crippen molar-refractivity contribution in [3.63, 3.8) is 0 Å². The van der Waals surface area contributed by atoms with Gasteiger partial charge in [0.25, 0.3) is 5.56 Å². The van der Waals surface area contributed by atoms with Crippen LogP contribution < -0.4 is 5.56 Å². The third kappa shape index (κ3) is 1.59. The molecule has 0 aliphatic heterocycles. The SMILES string of the molecule is O=c1cc(C(F)(F)Cl)c2c([nH]1)oc1ccccc12. The molecule has 0 saturated carbocycles. The van der Waals surface area contributed by atoms with Crippen LogP contribution in [0.5, 0.6) is 0 Å². The van der Waals surface area contributed by atoms with Gasteiger partial charge in [-0.15, -0.1) is 0 Å². The zero-order chi connectivity index (χ0) is 12.9. The molecular weight excluding hydrogens is 264 g/mol. The second-order valence-corrected chi connectivity index (χ2v) is 4.32. The predicted octanol–water partition coefficient (Wildman–Crippen LogP) is 3.56. The van der Waals surface area contributed by atoms with Crippen molar-refractivity contribution in [2.45, 2.75) is 5.38 Å². The Bertz CT molecular complexity index is 801. The number of halogens is 3. The number of aromatic amines is 1. The summed E-state index contributed by atoms with van der Waals surface area (Å²) in [6.07, 6.45) is 0. The maximum Gasteiger partial charge on any atom is 0.349 e. The minimum atomic E-state index is -3.63. The van der Waals surface area contributed by atoms with Gasteiger partial charge in [-0.05, 0) is 17.7 Å².